The summed E-state index contributed by atoms with van der Waals surface area (Å²) in [5.41, 5.74) is 8.55. The summed E-state index contributed by atoms with van der Waals surface area (Å²) in [5, 5.41) is 3.44. The van der Waals surface area contributed by atoms with Crippen molar-refractivity contribution < 1.29 is 4.42 Å². The van der Waals surface area contributed by atoms with Gasteiger partial charge in [0.1, 0.15) is 5.52 Å². The Bertz CT molecular complexity index is 507. The number of benzene rings is 1. The summed E-state index contributed by atoms with van der Waals surface area (Å²) in [7, 11) is 0. The minimum Gasteiger partial charge on any atom is -0.441 e. The lowest BCUT2D eigenvalue weighted by atomic mass is 10.1. The van der Waals surface area contributed by atoms with E-state index in [9.17, 15) is 0 Å². The second kappa shape index (κ2) is 5.98. The van der Waals surface area contributed by atoms with Crippen LogP contribution >= 0.6 is 0 Å². The fourth-order valence-corrected chi connectivity index (χ4v) is 2.05. The smallest absolute Gasteiger partial charge is 0.192 e. The first-order valence-electron chi connectivity index (χ1n) is 6.46. The first-order chi connectivity index (χ1) is 8.69. The highest BCUT2D eigenvalue weighted by molar-refractivity contribution is 5.73. The summed E-state index contributed by atoms with van der Waals surface area (Å²) in [6.45, 7) is 6.69. The van der Waals surface area contributed by atoms with E-state index in [1.807, 2.05) is 13.0 Å². The van der Waals surface area contributed by atoms with Gasteiger partial charge < -0.3 is 15.5 Å². The van der Waals surface area contributed by atoms with Crippen LogP contribution in [0, 0.1) is 12.8 Å². The minimum atomic E-state index is 0.619. The molecule has 0 aliphatic carbocycles. The van der Waals surface area contributed by atoms with Crippen molar-refractivity contribution in [2.45, 2.75) is 26.8 Å². The van der Waals surface area contributed by atoms with Gasteiger partial charge in [-0.1, -0.05) is 13.0 Å². The number of oxazole rings is 1. The molecule has 0 radical (unpaired) electrons. The first-order valence-corrected chi connectivity index (χ1v) is 6.46. The lowest BCUT2D eigenvalue weighted by Gasteiger charge is -2.11. The highest BCUT2D eigenvalue weighted by atomic mass is 16.3. The van der Waals surface area contributed by atoms with Gasteiger partial charge in [-0.25, -0.2) is 4.98 Å². The molecule has 98 valence electrons. The van der Waals surface area contributed by atoms with Gasteiger partial charge in [-0.3, -0.25) is 0 Å². The average Bonchev–Trinajstić information content (AvgIpc) is 2.69. The largest absolute Gasteiger partial charge is 0.441 e. The number of nitrogens with zero attached hydrogens (tertiary/aromatic N) is 1. The molecular weight excluding hydrogens is 226 g/mol. The molecule has 0 aliphatic rings. The van der Waals surface area contributed by atoms with Crippen LogP contribution in [-0.2, 0) is 6.54 Å². The summed E-state index contributed by atoms with van der Waals surface area (Å²) in [4.78, 5) is 4.34. The Morgan fingerprint density at radius 2 is 2.28 bits per heavy atom. The van der Waals surface area contributed by atoms with Gasteiger partial charge in [-0.2, -0.15) is 0 Å². The second-order valence-corrected chi connectivity index (χ2v) is 4.85. The number of nitrogens with one attached hydrogen (secondary N) is 1. The van der Waals surface area contributed by atoms with Crippen LogP contribution in [0.2, 0.25) is 0 Å². The quantitative estimate of drug-likeness (QED) is 0.821. The molecule has 18 heavy (non-hydrogen) atoms. The van der Waals surface area contributed by atoms with Crippen LogP contribution in [0.15, 0.2) is 22.6 Å². The third-order valence-corrected chi connectivity index (χ3v) is 3.04. The van der Waals surface area contributed by atoms with E-state index < -0.39 is 0 Å². The summed E-state index contributed by atoms with van der Waals surface area (Å²) in [6, 6.07) is 6.13. The molecule has 0 saturated carbocycles. The number of rotatable bonds is 6. The van der Waals surface area contributed by atoms with Gasteiger partial charge in [0.05, 0.1) is 0 Å². The Hall–Kier alpha value is -1.39. The van der Waals surface area contributed by atoms with Crippen LogP contribution in [0.1, 0.15) is 24.8 Å². The molecule has 1 aromatic heterocycles. The van der Waals surface area contributed by atoms with Gasteiger partial charge in [-0.05, 0) is 43.1 Å². The fourth-order valence-electron chi connectivity index (χ4n) is 2.05. The lowest BCUT2D eigenvalue weighted by Crippen LogP contribution is -2.22. The second-order valence-electron chi connectivity index (χ2n) is 4.85. The van der Waals surface area contributed by atoms with Gasteiger partial charge in [0.15, 0.2) is 11.5 Å². The highest BCUT2D eigenvalue weighted by Gasteiger charge is 2.04. The van der Waals surface area contributed by atoms with E-state index in [0.29, 0.717) is 11.8 Å². The molecular formula is C14H21N3O. The van der Waals surface area contributed by atoms with Crippen molar-refractivity contribution in [1.82, 2.24) is 10.3 Å². The van der Waals surface area contributed by atoms with Gasteiger partial charge in [0.2, 0.25) is 0 Å². The van der Waals surface area contributed by atoms with E-state index in [1.54, 1.807) is 0 Å². The Morgan fingerprint density at radius 3 is 3.06 bits per heavy atom. The molecule has 4 heteroatoms. The Labute approximate surface area is 108 Å². The third kappa shape index (κ3) is 3.31. The van der Waals surface area contributed by atoms with Crippen LogP contribution in [0.5, 0.6) is 0 Å². The number of aryl methyl sites for hydroxylation is 1. The third-order valence-electron chi connectivity index (χ3n) is 3.04. The molecule has 0 spiro atoms. The maximum absolute atomic E-state index is 5.53. The zero-order valence-corrected chi connectivity index (χ0v) is 11.1. The molecule has 1 aromatic carbocycles. The van der Waals surface area contributed by atoms with Gasteiger partial charge in [0, 0.05) is 13.5 Å². The summed E-state index contributed by atoms with van der Waals surface area (Å²) >= 11 is 0. The number of nitrogens with two attached hydrogens (primary N) is 1. The van der Waals surface area contributed by atoms with Crippen molar-refractivity contribution in [1.29, 1.82) is 0 Å². The van der Waals surface area contributed by atoms with E-state index in [-0.39, 0.29) is 0 Å². The summed E-state index contributed by atoms with van der Waals surface area (Å²) in [6.07, 6.45) is 1.06. The van der Waals surface area contributed by atoms with Crippen LogP contribution in [0.25, 0.3) is 11.1 Å². The molecule has 0 saturated heterocycles. The van der Waals surface area contributed by atoms with Gasteiger partial charge >= 0.3 is 0 Å². The van der Waals surface area contributed by atoms with E-state index in [2.05, 4.69) is 29.4 Å². The van der Waals surface area contributed by atoms with Crippen molar-refractivity contribution in [3.8, 4) is 0 Å². The maximum atomic E-state index is 5.53. The van der Waals surface area contributed by atoms with E-state index in [1.165, 1.54) is 5.56 Å². The van der Waals surface area contributed by atoms with Crippen LogP contribution in [0.3, 0.4) is 0 Å². The number of aromatic nitrogens is 1. The summed E-state index contributed by atoms with van der Waals surface area (Å²) in [5.74, 6) is 1.33. The molecule has 2 rings (SSSR count). The predicted molar refractivity (Wildman–Crippen MR) is 73.3 cm³/mol. The van der Waals surface area contributed by atoms with Gasteiger partial charge in [-0.15, -0.1) is 0 Å². The average molecular weight is 247 g/mol. The SMILES string of the molecule is Cc1nc2cc(CNCC(C)CCN)ccc2o1. The topological polar surface area (TPSA) is 64.1 Å². The standard InChI is InChI=1S/C14H21N3O/c1-10(5-6-15)8-16-9-12-3-4-14-13(7-12)17-11(2)18-14/h3-4,7,10,16H,5-6,8-9,15H2,1-2H3. The molecule has 0 fully saturated rings. The summed E-state index contributed by atoms with van der Waals surface area (Å²) < 4.78 is 5.45. The molecule has 1 unspecified atom stereocenters. The Balaban J connectivity index is 1.91. The molecule has 0 aliphatic heterocycles. The zero-order chi connectivity index (χ0) is 13.0. The Kier molecular flexibility index (Phi) is 4.33. The van der Waals surface area contributed by atoms with E-state index in [4.69, 9.17) is 10.2 Å². The van der Waals surface area contributed by atoms with Crippen LogP contribution in [0.4, 0.5) is 0 Å². The van der Waals surface area contributed by atoms with Crippen molar-refractivity contribution in [3.63, 3.8) is 0 Å². The Morgan fingerprint density at radius 1 is 1.44 bits per heavy atom. The molecule has 0 bridgehead atoms. The predicted octanol–water partition coefficient (Wildman–Crippen LogP) is 2.21. The maximum Gasteiger partial charge on any atom is 0.192 e. The van der Waals surface area contributed by atoms with E-state index in [0.717, 1.165) is 37.2 Å². The zero-order valence-electron chi connectivity index (χ0n) is 11.1. The number of hydrogen-bond acceptors (Lipinski definition) is 4. The molecule has 1 atom stereocenters. The normalized spacial score (nSPS) is 13.1. The highest BCUT2D eigenvalue weighted by Crippen LogP contribution is 2.16. The first kappa shape index (κ1) is 13.1. The fraction of sp³-hybridized carbons (Fsp3) is 0.500. The molecule has 0 amide bonds. The number of hydrogen-bond donors (Lipinski definition) is 2. The van der Waals surface area contributed by atoms with Crippen molar-refractivity contribution in [3.05, 3.63) is 29.7 Å². The molecule has 3 N–H and O–H groups in total. The molecule has 2 aromatic rings. The van der Waals surface area contributed by atoms with E-state index >= 15 is 0 Å². The number of fused-ring (bicyclic) bond motifs is 1. The van der Waals surface area contributed by atoms with Crippen molar-refractivity contribution >= 4 is 11.1 Å². The van der Waals surface area contributed by atoms with Crippen LogP contribution in [-0.4, -0.2) is 18.1 Å². The minimum absolute atomic E-state index is 0.619. The van der Waals surface area contributed by atoms with Crippen molar-refractivity contribution in [2.75, 3.05) is 13.1 Å². The monoisotopic (exact) mass is 247 g/mol. The lowest BCUT2D eigenvalue weighted by molar-refractivity contribution is 0.487. The van der Waals surface area contributed by atoms with Crippen LogP contribution < -0.4 is 11.1 Å². The molecule has 4 nitrogen and oxygen atoms in total. The van der Waals surface area contributed by atoms with Crippen molar-refractivity contribution in [2.24, 2.45) is 11.7 Å². The van der Waals surface area contributed by atoms with Gasteiger partial charge in [0.25, 0.3) is 0 Å². The molecule has 1 heterocycles.